The molecule has 0 bridgehead atoms. The topological polar surface area (TPSA) is 77.3 Å². The molecule has 0 spiro atoms. The van der Waals surface area contributed by atoms with Gasteiger partial charge in [0.2, 0.25) is 0 Å². The summed E-state index contributed by atoms with van der Waals surface area (Å²) in [6.07, 6.45) is 0. The van der Waals surface area contributed by atoms with Crippen molar-refractivity contribution in [2.24, 2.45) is 0 Å². The number of nitrogens with zero attached hydrogens (tertiary/aromatic N) is 6. The average molecular weight is 603 g/mol. The van der Waals surface area contributed by atoms with Crippen LogP contribution in [0.5, 0.6) is 0 Å². The van der Waals surface area contributed by atoms with Gasteiger partial charge in [0, 0.05) is 22.3 Å². The first-order valence-electron chi connectivity index (χ1n) is 14.0. The van der Waals surface area contributed by atoms with Crippen molar-refractivity contribution in [1.82, 2.24) is 30.4 Å². The highest BCUT2D eigenvalue weighted by Gasteiger charge is 2.14. The number of aromatic nitrogens is 6. The second-order valence-electron chi connectivity index (χ2n) is 10.1. The maximum Gasteiger partial charge on any atom is 0.166 e. The quantitative estimate of drug-likeness (QED) is 0.189. The first kappa shape index (κ1) is 26.2. The third-order valence-electron chi connectivity index (χ3n) is 7.26. The van der Waals surface area contributed by atoms with E-state index in [1.165, 1.54) is 0 Å². The van der Waals surface area contributed by atoms with Crippen molar-refractivity contribution in [3.8, 4) is 65.1 Å². The Morgan fingerprint density at radius 1 is 0.318 bits per heavy atom. The zero-order valence-electron chi connectivity index (χ0n) is 23.2. The fourth-order valence-corrected chi connectivity index (χ4v) is 6.67. The molecule has 0 N–H and O–H groups in total. The van der Waals surface area contributed by atoms with E-state index in [0.717, 1.165) is 75.8 Å². The van der Waals surface area contributed by atoms with E-state index in [1.54, 1.807) is 22.7 Å². The van der Waals surface area contributed by atoms with Gasteiger partial charge in [0.15, 0.2) is 10.0 Å². The second-order valence-corrected chi connectivity index (χ2v) is 12.1. The van der Waals surface area contributed by atoms with Gasteiger partial charge in [-0.2, -0.15) is 0 Å². The van der Waals surface area contributed by atoms with Gasteiger partial charge >= 0.3 is 0 Å². The van der Waals surface area contributed by atoms with Crippen molar-refractivity contribution in [3.05, 3.63) is 133 Å². The molecular formula is C36H22N6S2. The highest BCUT2D eigenvalue weighted by Crippen LogP contribution is 2.35. The van der Waals surface area contributed by atoms with Gasteiger partial charge in [-0.15, -0.1) is 20.4 Å². The van der Waals surface area contributed by atoms with Crippen LogP contribution in [0, 0.1) is 0 Å². The predicted octanol–water partition coefficient (Wildman–Crippen LogP) is 9.33. The molecule has 4 heterocycles. The summed E-state index contributed by atoms with van der Waals surface area (Å²) in [5.41, 5.74) is 7.63. The zero-order valence-corrected chi connectivity index (χ0v) is 24.8. The standard InChI is InChI=1S/C36H22N6S2/c1-3-9-24(10-4-1)29-13-7-15-31(37-29)35-41-39-33(43-35)26-19-17-23-18-20-27(22-28(23)21-26)34-40-42-36(44-34)32-16-8-14-30(38-32)25-11-5-2-6-12-25/h1-22H. The molecule has 208 valence electrons. The van der Waals surface area contributed by atoms with Crippen LogP contribution in [0.15, 0.2) is 133 Å². The molecule has 44 heavy (non-hydrogen) atoms. The van der Waals surface area contributed by atoms with Crippen LogP contribution in [0.3, 0.4) is 0 Å². The van der Waals surface area contributed by atoms with Crippen molar-refractivity contribution >= 4 is 33.4 Å². The maximum absolute atomic E-state index is 4.85. The first-order chi connectivity index (χ1) is 21.8. The lowest BCUT2D eigenvalue weighted by Crippen LogP contribution is -1.87. The van der Waals surface area contributed by atoms with Crippen LogP contribution in [0.2, 0.25) is 0 Å². The molecule has 0 unspecified atom stereocenters. The van der Waals surface area contributed by atoms with Gasteiger partial charge in [0.25, 0.3) is 0 Å². The smallest absolute Gasteiger partial charge is 0.166 e. The van der Waals surface area contributed by atoms with Crippen LogP contribution in [0.4, 0.5) is 0 Å². The van der Waals surface area contributed by atoms with Crippen molar-refractivity contribution in [2.45, 2.75) is 0 Å². The number of pyridine rings is 2. The molecule has 0 saturated heterocycles. The molecule has 8 heteroatoms. The van der Waals surface area contributed by atoms with Crippen molar-refractivity contribution < 1.29 is 0 Å². The lowest BCUT2D eigenvalue weighted by atomic mass is 10.0. The van der Waals surface area contributed by atoms with E-state index in [4.69, 9.17) is 9.97 Å². The van der Waals surface area contributed by atoms with Gasteiger partial charge in [0.05, 0.1) is 11.4 Å². The highest BCUT2D eigenvalue weighted by molar-refractivity contribution is 7.18. The second kappa shape index (κ2) is 11.3. The van der Waals surface area contributed by atoms with Gasteiger partial charge in [-0.1, -0.05) is 120 Å². The molecule has 0 aliphatic carbocycles. The summed E-state index contributed by atoms with van der Waals surface area (Å²) in [5.74, 6) is 0. The minimum Gasteiger partial charge on any atom is -0.245 e. The average Bonchev–Trinajstić information content (AvgIpc) is 3.80. The van der Waals surface area contributed by atoms with E-state index in [0.29, 0.717) is 0 Å². The Hall–Kier alpha value is -5.44. The van der Waals surface area contributed by atoms with E-state index in [2.05, 4.69) is 81.1 Å². The molecule has 0 aliphatic heterocycles. The van der Waals surface area contributed by atoms with Crippen LogP contribution < -0.4 is 0 Å². The predicted molar refractivity (Wildman–Crippen MR) is 179 cm³/mol. The van der Waals surface area contributed by atoms with E-state index >= 15 is 0 Å². The Labute approximate surface area is 261 Å². The highest BCUT2D eigenvalue weighted by atomic mass is 32.1. The Bertz CT molecular complexity index is 2090. The van der Waals surface area contributed by atoms with E-state index in [-0.39, 0.29) is 0 Å². The normalized spacial score (nSPS) is 11.2. The Morgan fingerprint density at radius 3 is 1.23 bits per heavy atom. The molecule has 0 atom stereocenters. The molecule has 8 rings (SSSR count). The summed E-state index contributed by atoms with van der Waals surface area (Å²) in [6.45, 7) is 0. The van der Waals surface area contributed by atoms with Crippen LogP contribution >= 0.6 is 22.7 Å². The number of fused-ring (bicyclic) bond motifs is 1. The molecule has 0 fully saturated rings. The molecule has 0 amide bonds. The minimum atomic E-state index is 0.790. The van der Waals surface area contributed by atoms with E-state index in [1.807, 2.05) is 72.8 Å². The van der Waals surface area contributed by atoms with Gasteiger partial charge < -0.3 is 0 Å². The summed E-state index contributed by atoms with van der Waals surface area (Å²) >= 11 is 3.08. The summed E-state index contributed by atoms with van der Waals surface area (Å²) in [5, 5.41) is 23.5. The molecule has 4 aromatic carbocycles. The molecular weight excluding hydrogens is 581 g/mol. The third-order valence-corrected chi connectivity index (χ3v) is 9.25. The molecule has 0 aliphatic rings. The van der Waals surface area contributed by atoms with Crippen LogP contribution in [-0.4, -0.2) is 30.4 Å². The van der Waals surface area contributed by atoms with E-state index < -0.39 is 0 Å². The lowest BCUT2D eigenvalue weighted by molar-refractivity contribution is 1.09. The van der Waals surface area contributed by atoms with E-state index in [9.17, 15) is 0 Å². The first-order valence-corrected chi connectivity index (χ1v) is 15.7. The Kier molecular flexibility index (Phi) is 6.75. The minimum absolute atomic E-state index is 0.790. The fraction of sp³-hybridized carbons (Fsp3) is 0. The number of benzene rings is 4. The Morgan fingerprint density at radius 2 is 0.750 bits per heavy atom. The summed E-state index contributed by atoms with van der Waals surface area (Å²) < 4.78 is 0. The van der Waals surface area contributed by atoms with Crippen molar-refractivity contribution in [3.63, 3.8) is 0 Å². The van der Waals surface area contributed by atoms with Gasteiger partial charge in [0.1, 0.15) is 21.4 Å². The van der Waals surface area contributed by atoms with Gasteiger partial charge in [-0.25, -0.2) is 9.97 Å². The van der Waals surface area contributed by atoms with Crippen LogP contribution in [0.1, 0.15) is 0 Å². The fourth-order valence-electron chi connectivity index (χ4n) is 5.05. The van der Waals surface area contributed by atoms with Crippen molar-refractivity contribution in [1.29, 1.82) is 0 Å². The van der Waals surface area contributed by atoms with Crippen molar-refractivity contribution in [2.75, 3.05) is 0 Å². The number of hydrogen-bond acceptors (Lipinski definition) is 8. The summed E-state index contributed by atoms with van der Waals surface area (Å²) in [7, 11) is 0. The largest absolute Gasteiger partial charge is 0.245 e. The summed E-state index contributed by atoms with van der Waals surface area (Å²) in [6, 6.07) is 45.1. The number of rotatable bonds is 6. The Balaban J connectivity index is 1.08. The van der Waals surface area contributed by atoms with Gasteiger partial charge in [-0.3, -0.25) is 0 Å². The monoisotopic (exact) mass is 602 g/mol. The SMILES string of the molecule is c1ccc(-c2cccc(-c3nnc(-c4ccc5ccc(-c6nnc(-c7cccc(-c8ccccc8)n7)s6)cc5c4)s3)n2)cc1. The molecule has 6 nitrogen and oxygen atoms in total. The van der Waals surface area contributed by atoms with Crippen LogP contribution in [-0.2, 0) is 0 Å². The zero-order chi connectivity index (χ0) is 29.3. The maximum atomic E-state index is 4.85. The number of hydrogen-bond donors (Lipinski definition) is 0. The van der Waals surface area contributed by atoms with Crippen LogP contribution in [0.25, 0.3) is 75.8 Å². The van der Waals surface area contributed by atoms with Gasteiger partial charge in [-0.05, 0) is 47.2 Å². The molecule has 0 radical (unpaired) electrons. The lowest BCUT2D eigenvalue weighted by Gasteiger charge is -2.03. The molecule has 4 aromatic heterocycles. The summed E-state index contributed by atoms with van der Waals surface area (Å²) in [4.78, 5) is 9.70. The molecule has 0 saturated carbocycles. The third kappa shape index (κ3) is 5.17. The molecule has 8 aromatic rings.